The van der Waals surface area contributed by atoms with Gasteiger partial charge in [0.25, 0.3) is 0 Å². The lowest BCUT2D eigenvalue weighted by Crippen LogP contribution is -2.12. The third-order valence-corrected chi connectivity index (χ3v) is 1.69. The molecule has 0 spiro atoms. The molecule has 1 heterocycles. The van der Waals surface area contributed by atoms with Crippen LogP contribution in [0.5, 0.6) is 0 Å². The number of ether oxygens (including phenoxy) is 1. The first-order chi connectivity index (χ1) is 6.15. The number of nitrogens with zero attached hydrogens (tertiary/aromatic N) is 2. The van der Waals surface area contributed by atoms with Crippen LogP contribution in [0.25, 0.3) is 0 Å². The number of aromatic carboxylic acids is 1. The number of carboxylic acids is 1. The van der Waals surface area contributed by atoms with Gasteiger partial charge in [-0.15, -0.1) is 0 Å². The van der Waals surface area contributed by atoms with Crippen LogP contribution in [0.2, 0.25) is 0 Å². The van der Waals surface area contributed by atoms with Crippen molar-refractivity contribution in [2.45, 2.75) is 13.0 Å². The van der Waals surface area contributed by atoms with Gasteiger partial charge in [-0.1, -0.05) is 0 Å². The standard InChI is InChI=1S/C8H12N2O3/c1-6(5-13-2)10-4-3-7(9-10)8(11)12/h3-4,6H,5H2,1-2H3,(H,11,12)/t6-/m0/s1. The Kier molecular flexibility index (Phi) is 3.02. The predicted octanol–water partition coefficient (Wildman–Crippen LogP) is 0.789. The van der Waals surface area contributed by atoms with Gasteiger partial charge in [-0.05, 0) is 13.0 Å². The topological polar surface area (TPSA) is 64.3 Å². The van der Waals surface area contributed by atoms with Crippen LogP contribution in [0.15, 0.2) is 12.3 Å². The molecule has 1 aromatic heterocycles. The maximum Gasteiger partial charge on any atom is 0.356 e. The zero-order valence-corrected chi connectivity index (χ0v) is 7.60. The Bertz CT molecular complexity index is 295. The average Bonchev–Trinajstić information content (AvgIpc) is 2.52. The molecule has 1 aromatic rings. The van der Waals surface area contributed by atoms with Crippen LogP contribution in [0, 0.1) is 0 Å². The molecule has 72 valence electrons. The van der Waals surface area contributed by atoms with Crippen molar-refractivity contribution < 1.29 is 14.6 Å². The van der Waals surface area contributed by atoms with Crippen LogP contribution in [0.1, 0.15) is 23.5 Å². The van der Waals surface area contributed by atoms with Crippen LogP contribution in [-0.2, 0) is 4.74 Å². The van der Waals surface area contributed by atoms with E-state index in [0.717, 1.165) is 0 Å². The molecule has 0 fully saturated rings. The smallest absolute Gasteiger partial charge is 0.356 e. The highest BCUT2D eigenvalue weighted by molar-refractivity contribution is 5.85. The van der Waals surface area contributed by atoms with E-state index in [1.165, 1.54) is 6.07 Å². The fourth-order valence-electron chi connectivity index (χ4n) is 1.02. The summed E-state index contributed by atoms with van der Waals surface area (Å²) in [6.45, 7) is 2.42. The highest BCUT2D eigenvalue weighted by Crippen LogP contribution is 2.05. The summed E-state index contributed by atoms with van der Waals surface area (Å²) in [5.74, 6) is -1.01. The van der Waals surface area contributed by atoms with Crippen molar-refractivity contribution >= 4 is 5.97 Å². The molecule has 0 saturated carbocycles. The summed E-state index contributed by atoms with van der Waals surface area (Å²) in [5, 5.41) is 12.5. The third kappa shape index (κ3) is 2.29. The minimum Gasteiger partial charge on any atom is -0.476 e. The number of carbonyl (C=O) groups is 1. The van der Waals surface area contributed by atoms with Gasteiger partial charge >= 0.3 is 5.97 Å². The van der Waals surface area contributed by atoms with E-state index in [4.69, 9.17) is 9.84 Å². The van der Waals surface area contributed by atoms with Crippen LogP contribution < -0.4 is 0 Å². The van der Waals surface area contributed by atoms with Crippen LogP contribution in [-0.4, -0.2) is 34.6 Å². The second-order valence-corrected chi connectivity index (χ2v) is 2.79. The fraction of sp³-hybridized carbons (Fsp3) is 0.500. The molecular weight excluding hydrogens is 172 g/mol. The number of hydrogen-bond donors (Lipinski definition) is 1. The molecule has 0 bridgehead atoms. The van der Waals surface area contributed by atoms with E-state index < -0.39 is 5.97 Å². The molecule has 1 atom stereocenters. The van der Waals surface area contributed by atoms with E-state index in [0.29, 0.717) is 6.61 Å². The minimum absolute atomic E-state index is 0.0538. The van der Waals surface area contributed by atoms with Crippen LogP contribution in [0.4, 0.5) is 0 Å². The molecule has 1 rings (SSSR count). The summed E-state index contributed by atoms with van der Waals surface area (Å²) in [6, 6.07) is 1.52. The molecule has 5 heteroatoms. The monoisotopic (exact) mass is 184 g/mol. The van der Waals surface area contributed by atoms with Crippen molar-refractivity contribution in [2.75, 3.05) is 13.7 Å². The Morgan fingerprint density at radius 2 is 2.54 bits per heavy atom. The SMILES string of the molecule is COC[C@H](C)n1ccc(C(=O)O)n1. The summed E-state index contributed by atoms with van der Waals surface area (Å²) >= 11 is 0. The quantitative estimate of drug-likeness (QED) is 0.751. The van der Waals surface area contributed by atoms with E-state index >= 15 is 0 Å². The second kappa shape index (κ2) is 4.04. The van der Waals surface area contributed by atoms with Gasteiger partial charge in [0.15, 0.2) is 5.69 Å². The van der Waals surface area contributed by atoms with Gasteiger partial charge in [0.1, 0.15) is 0 Å². The molecule has 0 unspecified atom stereocenters. The summed E-state index contributed by atoms with van der Waals surface area (Å²) in [7, 11) is 1.60. The highest BCUT2D eigenvalue weighted by atomic mass is 16.5. The van der Waals surface area contributed by atoms with Gasteiger partial charge in [-0.25, -0.2) is 4.79 Å². The lowest BCUT2D eigenvalue weighted by atomic mass is 10.4. The number of aromatic nitrogens is 2. The zero-order valence-electron chi connectivity index (χ0n) is 7.60. The van der Waals surface area contributed by atoms with E-state index in [1.807, 2.05) is 6.92 Å². The van der Waals surface area contributed by atoms with Crippen molar-refractivity contribution in [1.82, 2.24) is 9.78 Å². The van der Waals surface area contributed by atoms with Crippen LogP contribution in [0.3, 0.4) is 0 Å². The molecule has 0 saturated heterocycles. The first-order valence-corrected chi connectivity index (χ1v) is 3.92. The Morgan fingerprint density at radius 1 is 1.85 bits per heavy atom. The predicted molar refractivity (Wildman–Crippen MR) is 45.8 cm³/mol. The van der Waals surface area contributed by atoms with E-state index in [9.17, 15) is 4.79 Å². The third-order valence-electron chi connectivity index (χ3n) is 1.69. The van der Waals surface area contributed by atoms with E-state index in [1.54, 1.807) is 18.0 Å². The molecule has 0 aromatic carbocycles. The first-order valence-electron chi connectivity index (χ1n) is 3.92. The summed E-state index contributed by atoms with van der Waals surface area (Å²) in [6.07, 6.45) is 1.63. The normalized spacial score (nSPS) is 12.8. The lowest BCUT2D eigenvalue weighted by Gasteiger charge is -2.09. The van der Waals surface area contributed by atoms with E-state index in [2.05, 4.69) is 5.10 Å². The molecule has 0 amide bonds. The van der Waals surface area contributed by atoms with E-state index in [-0.39, 0.29) is 11.7 Å². The van der Waals surface area contributed by atoms with Crippen molar-refractivity contribution in [3.63, 3.8) is 0 Å². The summed E-state index contributed by atoms with van der Waals surface area (Å²) in [4.78, 5) is 10.5. The number of rotatable bonds is 4. The number of methoxy groups -OCH3 is 1. The summed E-state index contributed by atoms with van der Waals surface area (Å²) < 4.78 is 6.50. The molecule has 5 nitrogen and oxygen atoms in total. The Morgan fingerprint density at radius 3 is 3.00 bits per heavy atom. The molecular formula is C8H12N2O3. The Balaban J connectivity index is 2.73. The van der Waals surface area contributed by atoms with Gasteiger partial charge in [0.05, 0.1) is 12.6 Å². The number of carboxylic acid groups (broad SMARTS) is 1. The molecule has 13 heavy (non-hydrogen) atoms. The maximum atomic E-state index is 10.5. The van der Waals surface area contributed by atoms with Crippen molar-refractivity contribution in [2.24, 2.45) is 0 Å². The Hall–Kier alpha value is -1.36. The highest BCUT2D eigenvalue weighted by Gasteiger charge is 2.10. The molecule has 0 aliphatic heterocycles. The van der Waals surface area contributed by atoms with Crippen molar-refractivity contribution in [1.29, 1.82) is 0 Å². The minimum atomic E-state index is -1.01. The fourth-order valence-corrected chi connectivity index (χ4v) is 1.02. The van der Waals surface area contributed by atoms with Gasteiger partial charge in [-0.3, -0.25) is 4.68 Å². The van der Waals surface area contributed by atoms with Gasteiger partial charge in [0.2, 0.25) is 0 Å². The Labute approximate surface area is 75.9 Å². The lowest BCUT2D eigenvalue weighted by molar-refractivity contribution is 0.0688. The first kappa shape index (κ1) is 9.73. The largest absolute Gasteiger partial charge is 0.476 e. The van der Waals surface area contributed by atoms with Crippen molar-refractivity contribution in [3.05, 3.63) is 18.0 Å². The molecule has 0 aliphatic carbocycles. The molecule has 0 radical (unpaired) electrons. The van der Waals surface area contributed by atoms with Gasteiger partial charge in [0, 0.05) is 13.3 Å². The summed E-state index contributed by atoms with van der Waals surface area (Å²) in [5.41, 5.74) is 0.0583. The molecule has 1 N–H and O–H groups in total. The number of hydrogen-bond acceptors (Lipinski definition) is 3. The van der Waals surface area contributed by atoms with Crippen LogP contribution >= 0.6 is 0 Å². The van der Waals surface area contributed by atoms with Gasteiger partial charge < -0.3 is 9.84 Å². The second-order valence-electron chi connectivity index (χ2n) is 2.79. The molecule has 0 aliphatic rings. The van der Waals surface area contributed by atoms with Gasteiger partial charge in [-0.2, -0.15) is 5.10 Å². The zero-order chi connectivity index (χ0) is 9.84. The van der Waals surface area contributed by atoms with Crippen molar-refractivity contribution in [3.8, 4) is 0 Å². The maximum absolute atomic E-state index is 10.5. The average molecular weight is 184 g/mol.